The van der Waals surface area contributed by atoms with Gasteiger partial charge in [-0.2, -0.15) is 0 Å². The number of amides is 2. The molecule has 8 nitrogen and oxygen atoms in total. The zero-order chi connectivity index (χ0) is 20.6. The van der Waals surface area contributed by atoms with Crippen LogP contribution in [0.5, 0.6) is 17.2 Å². The molecule has 154 valence electrons. The van der Waals surface area contributed by atoms with Crippen molar-refractivity contribution in [2.45, 2.75) is 13.3 Å². The zero-order valence-corrected chi connectivity index (χ0v) is 16.6. The molecule has 1 aliphatic heterocycles. The van der Waals surface area contributed by atoms with Gasteiger partial charge in [-0.3, -0.25) is 14.5 Å². The lowest BCUT2D eigenvalue weighted by molar-refractivity contribution is -0.120. The molecule has 1 aliphatic rings. The number of ether oxygens (including phenoxy) is 3. The normalized spacial score (nSPS) is 12.0. The van der Waals surface area contributed by atoms with Gasteiger partial charge < -0.3 is 24.8 Å². The van der Waals surface area contributed by atoms with Crippen LogP contribution in [0.2, 0.25) is 0 Å². The number of rotatable bonds is 9. The van der Waals surface area contributed by atoms with Gasteiger partial charge in [0.1, 0.15) is 5.75 Å². The Kier molecular flexibility index (Phi) is 6.91. The van der Waals surface area contributed by atoms with Crippen molar-refractivity contribution in [1.82, 2.24) is 4.90 Å². The van der Waals surface area contributed by atoms with Crippen molar-refractivity contribution in [1.29, 1.82) is 0 Å². The van der Waals surface area contributed by atoms with Crippen molar-refractivity contribution in [3.05, 3.63) is 42.5 Å². The Bertz CT molecular complexity index is 871. The number of hydrogen-bond acceptors (Lipinski definition) is 6. The second-order valence-corrected chi connectivity index (χ2v) is 6.58. The lowest BCUT2D eigenvalue weighted by atomic mass is 10.2. The number of nitrogens with one attached hydrogen (secondary N) is 2. The maximum atomic E-state index is 12.5. The molecular formula is C21H25N3O5. The molecule has 8 heteroatoms. The van der Waals surface area contributed by atoms with E-state index in [9.17, 15) is 9.59 Å². The number of anilines is 2. The van der Waals surface area contributed by atoms with Crippen LogP contribution in [0.15, 0.2) is 42.5 Å². The van der Waals surface area contributed by atoms with E-state index >= 15 is 0 Å². The first-order chi connectivity index (χ1) is 14.1. The van der Waals surface area contributed by atoms with Gasteiger partial charge in [-0.05, 0) is 37.2 Å². The van der Waals surface area contributed by atoms with Gasteiger partial charge in [0.05, 0.1) is 25.9 Å². The van der Waals surface area contributed by atoms with E-state index in [1.165, 1.54) is 0 Å². The van der Waals surface area contributed by atoms with Crippen molar-refractivity contribution in [3.8, 4) is 17.2 Å². The molecule has 0 bridgehead atoms. The zero-order valence-electron chi connectivity index (χ0n) is 16.6. The first-order valence-electron chi connectivity index (χ1n) is 9.43. The summed E-state index contributed by atoms with van der Waals surface area (Å²) in [4.78, 5) is 26.7. The van der Waals surface area contributed by atoms with Crippen molar-refractivity contribution in [2.24, 2.45) is 0 Å². The van der Waals surface area contributed by atoms with Gasteiger partial charge in [0.15, 0.2) is 11.5 Å². The number of fused-ring (bicyclic) bond motifs is 1. The molecule has 2 N–H and O–H groups in total. The highest BCUT2D eigenvalue weighted by Crippen LogP contribution is 2.34. The van der Waals surface area contributed by atoms with E-state index in [1.54, 1.807) is 42.3 Å². The molecular weight excluding hydrogens is 374 g/mol. The Morgan fingerprint density at radius 2 is 1.76 bits per heavy atom. The van der Waals surface area contributed by atoms with Crippen LogP contribution in [0.4, 0.5) is 11.4 Å². The second kappa shape index (κ2) is 9.79. The molecule has 0 saturated heterocycles. The molecule has 3 rings (SSSR count). The summed E-state index contributed by atoms with van der Waals surface area (Å²) in [5, 5.41) is 5.67. The van der Waals surface area contributed by atoms with Crippen molar-refractivity contribution >= 4 is 23.2 Å². The number of carbonyl (C=O) groups is 2. The Balaban J connectivity index is 1.56. The van der Waals surface area contributed by atoms with E-state index in [0.717, 1.165) is 6.42 Å². The van der Waals surface area contributed by atoms with Gasteiger partial charge in [-0.1, -0.05) is 19.1 Å². The maximum absolute atomic E-state index is 12.5. The predicted molar refractivity (Wildman–Crippen MR) is 110 cm³/mol. The summed E-state index contributed by atoms with van der Waals surface area (Å²) in [6.07, 6.45) is 0.819. The largest absolute Gasteiger partial charge is 0.495 e. The third-order valence-electron chi connectivity index (χ3n) is 4.31. The quantitative estimate of drug-likeness (QED) is 0.674. The van der Waals surface area contributed by atoms with Crippen LogP contribution in [0, 0.1) is 0 Å². The van der Waals surface area contributed by atoms with E-state index in [2.05, 4.69) is 10.6 Å². The highest BCUT2D eigenvalue weighted by atomic mass is 16.7. The average Bonchev–Trinajstić information content (AvgIpc) is 3.16. The first kappa shape index (κ1) is 20.5. The molecule has 0 radical (unpaired) electrons. The number of benzene rings is 2. The Hall–Kier alpha value is -3.26. The van der Waals surface area contributed by atoms with E-state index in [4.69, 9.17) is 14.2 Å². The summed E-state index contributed by atoms with van der Waals surface area (Å²) in [6, 6.07) is 12.4. The highest BCUT2D eigenvalue weighted by molar-refractivity contribution is 5.95. The number of carbonyl (C=O) groups excluding carboxylic acids is 2. The summed E-state index contributed by atoms with van der Waals surface area (Å²) < 4.78 is 15.8. The molecule has 0 atom stereocenters. The average molecular weight is 399 g/mol. The van der Waals surface area contributed by atoms with Crippen LogP contribution >= 0.6 is 0 Å². The van der Waals surface area contributed by atoms with Gasteiger partial charge in [-0.15, -0.1) is 0 Å². The van der Waals surface area contributed by atoms with Gasteiger partial charge in [0.2, 0.25) is 18.6 Å². The smallest absolute Gasteiger partial charge is 0.238 e. The predicted octanol–water partition coefficient (Wildman–Crippen LogP) is 2.71. The van der Waals surface area contributed by atoms with Crippen LogP contribution in [-0.2, 0) is 9.59 Å². The van der Waals surface area contributed by atoms with Crippen LogP contribution in [0.25, 0.3) is 0 Å². The van der Waals surface area contributed by atoms with E-state index in [1.807, 2.05) is 19.1 Å². The molecule has 0 spiro atoms. The molecule has 0 fully saturated rings. The fourth-order valence-electron chi connectivity index (χ4n) is 3.05. The molecule has 1 heterocycles. The third-order valence-corrected chi connectivity index (χ3v) is 4.31. The Morgan fingerprint density at radius 1 is 1.03 bits per heavy atom. The summed E-state index contributed by atoms with van der Waals surface area (Å²) in [7, 11) is 1.55. The van der Waals surface area contributed by atoms with Gasteiger partial charge >= 0.3 is 0 Å². The van der Waals surface area contributed by atoms with Gasteiger partial charge in [-0.25, -0.2) is 0 Å². The summed E-state index contributed by atoms with van der Waals surface area (Å²) in [5.74, 6) is 1.43. The molecule has 0 saturated carbocycles. The molecule has 0 unspecified atom stereocenters. The Labute approximate surface area is 169 Å². The van der Waals surface area contributed by atoms with Crippen molar-refractivity contribution < 1.29 is 23.8 Å². The van der Waals surface area contributed by atoms with E-state index in [0.29, 0.717) is 35.2 Å². The van der Waals surface area contributed by atoms with Crippen LogP contribution in [0.1, 0.15) is 13.3 Å². The van der Waals surface area contributed by atoms with Crippen molar-refractivity contribution in [3.63, 3.8) is 0 Å². The standard InChI is InChI=1S/C21H25N3O5/c1-3-10-24(13-21(26)23-16-6-4-5-7-17(16)27-2)12-20(25)22-15-8-9-18-19(11-15)29-14-28-18/h4-9,11H,3,10,12-14H2,1-2H3,(H,22,25)(H,23,26). The van der Waals surface area contributed by atoms with E-state index < -0.39 is 0 Å². The van der Waals surface area contributed by atoms with Gasteiger partial charge in [0.25, 0.3) is 0 Å². The Morgan fingerprint density at radius 3 is 2.52 bits per heavy atom. The molecule has 0 aliphatic carbocycles. The second-order valence-electron chi connectivity index (χ2n) is 6.58. The van der Waals surface area contributed by atoms with Crippen molar-refractivity contribution in [2.75, 3.05) is 44.2 Å². The van der Waals surface area contributed by atoms with Gasteiger partial charge in [0, 0.05) is 11.8 Å². The molecule has 29 heavy (non-hydrogen) atoms. The molecule has 2 aromatic carbocycles. The number of nitrogens with zero attached hydrogens (tertiary/aromatic N) is 1. The number of hydrogen-bond donors (Lipinski definition) is 2. The summed E-state index contributed by atoms with van der Waals surface area (Å²) >= 11 is 0. The lowest BCUT2D eigenvalue weighted by Crippen LogP contribution is -2.39. The van der Waals surface area contributed by atoms with Crippen LogP contribution < -0.4 is 24.8 Å². The monoisotopic (exact) mass is 399 g/mol. The lowest BCUT2D eigenvalue weighted by Gasteiger charge is -2.21. The third kappa shape index (κ3) is 5.61. The highest BCUT2D eigenvalue weighted by Gasteiger charge is 2.17. The number of para-hydroxylation sites is 2. The molecule has 2 amide bonds. The minimum absolute atomic E-state index is 0.0977. The van der Waals surface area contributed by atoms with Crippen LogP contribution in [0.3, 0.4) is 0 Å². The van der Waals surface area contributed by atoms with E-state index in [-0.39, 0.29) is 31.7 Å². The minimum Gasteiger partial charge on any atom is -0.495 e. The summed E-state index contributed by atoms with van der Waals surface area (Å²) in [6.45, 7) is 3.00. The topological polar surface area (TPSA) is 89.1 Å². The molecule has 2 aromatic rings. The minimum atomic E-state index is -0.209. The first-order valence-corrected chi connectivity index (χ1v) is 9.43. The fraction of sp³-hybridized carbons (Fsp3) is 0.333. The summed E-state index contributed by atoms with van der Waals surface area (Å²) in [5.41, 5.74) is 1.22. The fourth-order valence-corrected chi connectivity index (χ4v) is 3.05. The maximum Gasteiger partial charge on any atom is 0.238 e. The SMILES string of the molecule is CCCN(CC(=O)Nc1ccc2c(c1)OCO2)CC(=O)Nc1ccccc1OC. The number of methoxy groups -OCH3 is 1. The molecule has 0 aromatic heterocycles. The van der Waals surface area contributed by atoms with Crippen LogP contribution in [-0.4, -0.2) is 50.3 Å².